The molecular formula is C19H25N2+. The quantitative estimate of drug-likeness (QED) is 0.547. The summed E-state index contributed by atoms with van der Waals surface area (Å²) in [4.78, 5) is 0. The van der Waals surface area contributed by atoms with Gasteiger partial charge in [-0.15, -0.1) is 0 Å². The Morgan fingerprint density at radius 1 is 1.05 bits per heavy atom. The number of hydrogen-bond acceptors (Lipinski definition) is 0. The molecule has 0 atom stereocenters. The first kappa shape index (κ1) is 14.1. The maximum atomic E-state index is 2.37. The molecule has 0 fully saturated rings. The molecule has 0 aliphatic carbocycles. The van der Waals surface area contributed by atoms with E-state index in [-0.39, 0.29) is 5.41 Å². The summed E-state index contributed by atoms with van der Waals surface area (Å²) in [5, 5.41) is 2.76. The summed E-state index contributed by atoms with van der Waals surface area (Å²) in [7, 11) is 2.17. The summed E-state index contributed by atoms with van der Waals surface area (Å²) in [6.45, 7) is 13.5. The van der Waals surface area contributed by atoms with Crippen LogP contribution in [0.15, 0.2) is 24.4 Å². The van der Waals surface area contributed by atoms with Crippen molar-refractivity contribution in [3.8, 4) is 0 Å². The highest BCUT2D eigenvalue weighted by Gasteiger charge is 2.26. The van der Waals surface area contributed by atoms with Crippen LogP contribution in [0.5, 0.6) is 0 Å². The molecule has 0 aliphatic rings. The van der Waals surface area contributed by atoms with Gasteiger partial charge in [-0.2, -0.15) is 4.40 Å². The van der Waals surface area contributed by atoms with E-state index in [1.54, 1.807) is 0 Å². The number of aromatic nitrogens is 2. The molecule has 0 spiro atoms. The Kier molecular flexibility index (Phi) is 2.91. The first-order valence-corrected chi connectivity index (χ1v) is 7.63. The Morgan fingerprint density at radius 3 is 2.33 bits per heavy atom. The minimum absolute atomic E-state index is 0.128. The number of pyridine rings is 1. The van der Waals surface area contributed by atoms with Crippen molar-refractivity contribution in [2.45, 2.75) is 47.0 Å². The van der Waals surface area contributed by atoms with Crippen LogP contribution >= 0.6 is 0 Å². The van der Waals surface area contributed by atoms with E-state index in [0.717, 1.165) is 0 Å². The number of nitrogens with zero attached hydrogens (tertiary/aromatic N) is 2. The van der Waals surface area contributed by atoms with E-state index in [1.165, 1.54) is 38.9 Å². The topological polar surface area (TPSA) is 8.29 Å². The monoisotopic (exact) mass is 281 g/mol. The summed E-state index contributed by atoms with van der Waals surface area (Å²) in [5.41, 5.74) is 6.83. The van der Waals surface area contributed by atoms with E-state index < -0.39 is 0 Å². The van der Waals surface area contributed by atoms with Gasteiger partial charge < -0.3 is 0 Å². The number of imidazole rings is 1. The predicted octanol–water partition coefficient (Wildman–Crippen LogP) is 4.14. The van der Waals surface area contributed by atoms with Crippen LogP contribution in [0.1, 0.15) is 43.3 Å². The van der Waals surface area contributed by atoms with Crippen molar-refractivity contribution in [1.82, 2.24) is 4.40 Å². The summed E-state index contributed by atoms with van der Waals surface area (Å²) in [6, 6.07) is 6.65. The lowest BCUT2D eigenvalue weighted by molar-refractivity contribution is -0.650. The van der Waals surface area contributed by atoms with Crippen LogP contribution in [-0.2, 0) is 12.5 Å². The average molecular weight is 281 g/mol. The first-order valence-electron chi connectivity index (χ1n) is 7.63. The molecule has 21 heavy (non-hydrogen) atoms. The fourth-order valence-electron chi connectivity index (χ4n) is 3.33. The molecule has 2 heteroatoms. The van der Waals surface area contributed by atoms with Gasteiger partial charge in [0.25, 0.3) is 5.65 Å². The number of fused-ring (bicyclic) bond motifs is 3. The van der Waals surface area contributed by atoms with Crippen LogP contribution in [-0.4, -0.2) is 4.40 Å². The highest BCUT2D eigenvalue weighted by molar-refractivity contribution is 5.98. The van der Waals surface area contributed by atoms with Crippen LogP contribution in [0.2, 0.25) is 0 Å². The molecule has 0 radical (unpaired) electrons. The molecule has 0 saturated carbocycles. The maximum Gasteiger partial charge on any atom is 0.294 e. The summed E-state index contributed by atoms with van der Waals surface area (Å²) in [6.07, 6.45) is 2.33. The normalized spacial score (nSPS) is 12.5. The van der Waals surface area contributed by atoms with Gasteiger partial charge in [0.15, 0.2) is 0 Å². The van der Waals surface area contributed by atoms with Gasteiger partial charge in [-0.05, 0) is 23.3 Å². The molecule has 2 heterocycles. The van der Waals surface area contributed by atoms with E-state index in [0.29, 0.717) is 0 Å². The minimum atomic E-state index is 0.128. The zero-order valence-corrected chi connectivity index (χ0v) is 14.2. The number of rotatable bonds is 0. The van der Waals surface area contributed by atoms with E-state index in [4.69, 9.17) is 0 Å². The minimum Gasteiger partial charge on any atom is -0.229 e. The highest BCUT2D eigenvalue weighted by Crippen LogP contribution is 2.33. The van der Waals surface area contributed by atoms with Gasteiger partial charge in [-0.25, -0.2) is 4.57 Å². The fourth-order valence-corrected chi connectivity index (χ4v) is 3.33. The summed E-state index contributed by atoms with van der Waals surface area (Å²) >= 11 is 0. The second kappa shape index (κ2) is 4.33. The Balaban J connectivity index is 2.68. The van der Waals surface area contributed by atoms with Gasteiger partial charge in [0.1, 0.15) is 17.6 Å². The highest BCUT2D eigenvalue weighted by atomic mass is 15.1. The molecule has 0 aliphatic heterocycles. The molecule has 110 valence electrons. The second-order valence-corrected chi connectivity index (χ2v) is 7.21. The van der Waals surface area contributed by atoms with Crippen molar-refractivity contribution in [3.05, 3.63) is 46.9 Å². The van der Waals surface area contributed by atoms with Crippen LogP contribution in [0.25, 0.3) is 16.4 Å². The smallest absolute Gasteiger partial charge is 0.229 e. The van der Waals surface area contributed by atoms with Crippen molar-refractivity contribution in [1.29, 1.82) is 0 Å². The molecular weight excluding hydrogens is 256 g/mol. The molecule has 0 amide bonds. The maximum absolute atomic E-state index is 2.37. The number of aryl methyl sites for hydroxylation is 3. The zero-order valence-electron chi connectivity index (χ0n) is 14.2. The predicted molar refractivity (Wildman–Crippen MR) is 89.0 cm³/mol. The van der Waals surface area contributed by atoms with Gasteiger partial charge in [-0.1, -0.05) is 39.0 Å². The molecule has 0 N–H and O–H groups in total. The molecule has 0 unspecified atom stereocenters. The molecule has 3 aromatic rings. The lowest BCUT2D eigenvalue weighted by atomic mass is 9.84. The third kappa shape index (κ3) is 1.89. The van der Waals surface area contributed by atoms with Crippen LogP contribution in [0.4, 0.5) is 0 Å². The van der Waals surface area contributed by atoms with E-state index in [1.807, 2.05) is 0 Å². The Morgan fingerprint density at radius 2 is 1.71 bits per heavy atom. The lowest BCUT2D eigenvalue weighted by Gasteiger charge is -2.20. The van der Waals surface area contributed by atoms with Crippen molar-refractivity contribution < 1.29 is 4.57 Å². The second-order valence-electron chi connectivity index (χ2n) is 7.21. The lowest BCUT2D eigenvalue weighted by Crippen LogP contribution is -2.30. The Hall–Kier alpha value is -1.83. The number of hydrogen-bond donors (Lipinski definition) is 0. The van der Waals surface area contributed by atoms with Gasteiger partial charge in [0.05, 0.1) is 12.4 Å². The Labute approximate surface area is 127 Å². The first-order chi connectivity index (χ1) is 9.73. The zero-order chi connectivity index (χ0) is 15.5. The average Bonchev–Trinajstić information content (AvgIpc) is 2.62. The van der Waals surface area contributed by atoms with Crippen molar-refractivity contribution in [2.75, 3.05) is 0 Å². The van der Waals surface area contributed by atoms with Crippen LogP contribution in [0.3, 0.4) is 0 Å². The third-order valence-electron chi connectivity index (χ3n) is 4.79. The van der Waals surface area contributed by atoms with Crippen LogP contribution in [0, 0.1) is 20.8 Å². The van der Waals surface area contributed by atoms with Gasteiger partial charge in [0.2, 0.25) is 0 Å². The molecule has 2 aromatic heterocycles. The van der Waals surface area contributed by atoms with Crippen molar-refractivity contribution in [2.24, 2.45) is 7.05 Å². The number of benzene rings is 1. The molecule has 0 saturated heterocycles. The molecule has 1 aromatic carbocycles. The largest absolute Gasteiger partial charge is 0.294 e. The standard InChI is InChI=1S/C19H25N2/c1-12-9-8-10-15-16(19(4,5)6)11-21-14(3)13(2)20(7)18(21)17(12)15/h8-11H,1-7H3/q+1. The fraction of sp³-hybridized carbons (Fsp3) is 0.421. The third-order valence-corrected chi connectivity index (χ3v) is 4.79. The van der Waals surface area contributed by atoms with Gasteiger partial charge >= 0.3 is 0 Å². The van der Waals surface area contributed by atoms with Gasteiger partial charge in [-0.3, -0.25) is 0 Å². The van der Waals surface area contributed by atoms with E-state index in [2.05, 4.69) is 82.0 Å². The summed E-state index contributed by atoms with van der Waals surface area (Å²) < 4.78 is 4.68. The SMILES string of the molecule is Cc1cccc2c(C(C)(C)C)cn3c(C)c(C)[n+](C)c3c12. The molecule has 3 rings (SSSR count). The van der Waals surface area contributed by atoms with Gasteiger partial charge in [0, 0.05) is 19.4 Å². The summed E-state index contributed by atoms with van der Waals surface area (Å²) in [5.74, 6) is 0. The van der Waals surface area contributed by atoms with E-state index in [9.17, 15) is 0 Å². The van der Waals surface area contributed by atoms with Crippen LogP contribution < -0.4 is 4.57 Å². The molecule has 2 nitrogen and oxygen atoms in total. The van der Waals surface area contributed by atoms with Crippen molar-refractivity contribution >= 4 is 16.4 Å². The Bertz CT molecular complexity index is 861. The molecule has 0 bridgehead atoms. The van der Waals surface area contributed by atoms with E-state index >= 15 is 0 Å². The van der Waals surface area contributed by atoms with Crippen molar-refractivity contribution in [3.63, 3.8) is 0 Å².